The summed E-state index contributed by atoms with van der Waals surface area (Å²) in [7, 11) is 3.76. The summed E-state index contributed by atoms with van der Waals surface area (Å²) in [6.45, 7) is 14.8. The van der Waals surface area contributed by atoms with Gasteiger partial charge in [-0.1, -0.05) is 26.0 Å². The van der Waals surface area contributed by atoms with Gasteiger partial charge in [0.1, 0.15) is 5.69 Å². The highest BCUT2D eigenvalue weighted by molar-refractivity contribution is 6.11. The number of carbonyl (C=O) groups is 2. The van der Waals surface area contributed by atoms with Crippen molar-refractivity contribution in [3.8, 4) is 11.4 Å². The van der Waals surface area contributed by atoms with Crippen molar-refractivity contribution in [3.63, 3.8) is 0 Å². The molecule has 1 aliphatic heterocycles. The average Bonchev–Trinajstić information content (AvgIpc) is 3.09. The van der Waals surface area contributed by atoms with Gasteiger partial charge in [0.05, 0.1) is 32.1 Å². The topological polar surface area (TPSA) is 180 Å². The lowest BCUT2D eigenvalue weighted by Crippen LogP contribution is -2.37. The van der Waals surface area contributed by atoms with Gasteiger partial charge in [-0.3, -0.25) is 34.7 Å². The van der Waals surface area contributed by atoms with Crippen molar-refractivity contribution < 1.29 is 24.6 Å². The number of hydroxylamine groups is 1. The Kier molecular flexibility index (Phi) is 16.0. The van der Waals surface area contributed by atoms with E-state index in [4.69, 9.17) is 25.0 Å². The third-order valence-corrected chi connectivity index (χ3v) is 6.42. The Bertz CT molecular complexity index is 1340. The van der Waals surface area contributed by atoms with Crippen LogP contribution in [0.3, 0.4) is 0 Å². The number of benzene rings is 1. The normalized spacial score (nSPS) is 13.2. The molecule has 2 amide bonds. The number of aliphatic imine (C=N–C) groups is 3. The largest absolute Gasteiger partial charge is 0.395 e. The molecule has 0 spiro atoms. The zero-order valence-electron chi connectivity index (χ0n) is 26.4. The molecule has 0 bridgehead atoms. The number of ether oxygens (including phenoxy) is 1. The van der Waals surface area contributed by atoms with E-state index in [1.54, 1.807) is 23.7 Å². The summed E-state index contributed by atoms with van der Waals surface area (Å²) < 4.78 is 5.54. The van der Waals surface area contributed by atoms with E-state index in [-0.39, 0.29) is 31.3 Å². The Balaban J connectivity index is 0.00000345. The number of anilines is 2. The van der Waals surface area contributed by atoms with E-state index in [0.717, 1.165) is 0 Å². The van der Waals surface area contributed by atoms with Crippen molar-refractivity contribution in [2.45, 2.75) is 13.8 Å². The molecular weight excluding hydrogens is 580 g/mol. The summed E-state index contributed by atoms with van der Waals surface area (Å²) in [6, 6.07) is 6.99. The van der Waals surface area contributed by atoms with Gasteiger partial charge in [-0.25, -0.2) is 15.4 Å². The number of morpholine rings is 1. The number of aliphatic hydroxyl groups is 1. The number of aromatic nitrogens is 2. The quantitative estimate of drug-likeness (QED) is 0.0983. The van der Waals surface area contributed by atoms with Crippen LogP contribution in [-0.2, 0) is 9.53 Å². The second kappa shape index (κ2) is 19.7. The van der Waals surface area contributed by atoms with Gasteiger partial charge < -0.3 is 25.0 Å². The summed E-state index contributed by atoms with van der Waals surface area (Å²) in [6.07, 6.45) is 2.51. The third-order valence-electron chi connectivity index (χ3n) is 6.42. The predicted molar refractivity (Wildman–Crippen MR) is 177 cm³/mol. The van der Waals surface area contributed by atoms with E-state index in [0.29, 0.717) is 73.7 Å². The van der Waals surface area contributed by atoms with Gasteiger partial charge in [-0.05, 0) is 32.6 Å². The molecule has 0 aliphatic carbocycles. The number of nitrogens with one attached hydrogen (secondary N) is 2. The highest BCUT2D eigenvalue weighted by Crippen LogP contribution is 2.37. The number of rotatable bonds is 15. The van der Waals surface area contributed by atoms with E-state index in [9.17, 15) is 9.59 Å². The SMILES string of the molecule is C=N/C=C(\C=N/CN(C)CCN(C)c1nc(-c2cccc(C(=O)NCCO)c2)nc(N2CCOCC2)c1N=C)C(=O)NO.CC. The predicted octanol–water partition coefficient (Wildman–Crippen LogP) is 1.55. The van der Waals surface area contributed by atoms with Gasteiger partial charge in [-0.2, -0.15) is 0 Å². The van der Waals surface area contributed by atoms with E-state index >= 15 is 0 Å². The van der Waals surface area contributed by atoms with Crippen LogP contribution in [-0.4, -0.2) is 130 Å². The van der Waals surface area contributed by atoms with Crippen LogP contribution in [0.5, 0.6) is 0 Å². The number of likely N-dealkylation sites (N-methyl/N-ethyl adjacent to an activating group) is 2. The Labute approximate surface area is 264 Å². The molecule has 45 heavy (non-hydrogen) atoms. The minimum absolute atomic E-state index is 0.0591. The van der Waals surface area contributed by atoms with Gasteiger partial charge in [0.25, 0.3) is 11.8 Å². The number of nitrogens with zero attached hydrogens (tertiary/aromatic N) is 8. The molecule has 1 aliphatic rings. The highest BCUT2D eigenvalue weighted by Gasteiger charge is 2.24. The Morgan fingerprint density at radius 3 is 2.53 bits per heavy atom. The molecule has 1 aromatic heterocycles. The number of hydrogen-bond acceptors (Lipinski definition) is 13. The lowest BCUT2D eigenvalue weighted by Gasteiger charge is -2.31. The van der Waals surface area contributed by atoms with Crippen molar-refractivity contribution in [2.75, 3.05) is 83.1 Å². The first kappa shape index (κ1) is 36.6. The van der Waals surface area contributed by atoms with Crippen LogP contribution in [0.15, 0.2) is 51.0 Å². The summed E-state index contributed by atoms with van der Waals surface area (Å²) >= 11 is 0. The Morgan fingerprint density at radius 1 is 1.16 bits per heavy atom. The van der Waals surface area contributed by atoms with Crippen LogP contribution < -0.4 is 20.6 Å². The standard InChI is InChI=1S/C28H38N10O5.C2H6/c1-29-17-22(28(41)35-42)18-31-19-36(3)9-10-37(4)25-23(30-2)26(38-11-14-43-15-12-38)34-24(33-25)20-6-5-7-21(16-20)27(40)32-8-13-39;1-2/h5-7,16-18,39,42H,1-2,8-15,19H2,3-4H3,(H,32,40)(H,35,41);1-2H3/b22-17+,31-18-;. The molecule has 244 valence electrons. The highest BCUT2D eigenvalue weighted by atomic mass is 16.5. The van der Waals surface area contributed by atoms with Crippen LogP contribution >= 0.6 is 0 Å². The van der Waals surface area contributed by atoms with Gasteiger partial charge in [0.2, 0.25) is 0 Å². The second-order valence-corrected chi connectivity index (χ2v) is 9.52. The molecule has 2 heterocycles. The molecule has 4 N–H and O–H groups in total. The van der Waals surface area contributed by atoms with Crippen LogP contribution in [0.2, 0.25) is 0 Å². The van der Waals surface area contributed by atoms with Gasteiger partial charge >= 0.3 is 0 Å². The molecule has 15 nitrogen and oxygen atoms in total. The van der Waals surface area contributed by atoms with Gasteiger partial charge in [0, 0.05) is 63.3 Å². The molecule has 0 atom stereocenters. The molecule has 3 rings (SSSR count). The monoisotopic (exact) mass is 624 g/mol. The van der Waals surface area contributed by atoms with E-state index in [2.05, 4.69) is 38.6 Å². The maximum absolute atomic E-state index is 12.5. The van der Waals surface area contributed by atoms with Crippen molar-refractivity contribution in [1.82, 2.24) is 25.7 Å². The lowest BCUT2D eigenvalue weighted by atomic mass is 10.1. The first-order valence-corrected chi connectivity index (χ1v) is 14.5. The van der Waals surface area contributed by atoms with E-state index in [1.165, 1.54) is 12.4 Å². The van der Waals surface area contributed by atoms with E-state index in [1.807, 2.05) is 43.8 Å². The molecule has 0 radical (unpaired) electrons. The minimum atomic E-state index is -0.741. The maximum atomic E-state index is 12.5. The number of aliphatic hydroxyl groups excluding tert-OH is 1. The smallest absolute Gasteiger partial charge is 0.277 e. The van der Waals surface area contributed by atoms with Crippen LogP contribution in [0.4, 0.5) is 17.3 Å². The zero-order chi connectivity index (χ0) is 33.2. The van der Waals surface area contributed by atoms with E-state index < -0.39 is 5.91 Å². The molecule has 2 aromatic rings. The first-order valence-electron chi connectivity index (χ1n) is 14.5. The lowest BCUT2D eigenvalue weighted by molar-refractivity contribution is -0.124. The van der Waals surface area contributed by atoms with Crippen molar-refractivity contribution in [1.29, 1.82) is 0 Å². The number of hydrogen-bond donors (Lipinski definition) is 4. The molecule has 0 saturated carbocycles. The van der Waals surface area contributed by atoms with Crippen molar-refractivity contribution >= 4 is 48.8 Å². The van der Waals surface area contributed by atoms with Crippen LogP contribution in [0.1, 0.15) is 24.2 Å². The molecule has 1 fully saturated rings. The molecular formula is C30H44N10O5. The molecule has 1 saturated heterocycles. The summed E-state index contributed by atoms with van der Waals surface area (Å²) in [5.74, 6) is 0.556. The van der Waals surface area contributed by atoms with Crippen LogP contribution in [0.25, 0.3) is 11.4 Å². The summed E-state index contributed by atoms with van der Waals surface area (Å²) in [5, 5.41) is 20.6. The van der Waals surface area contributed by atoms with Crippen molar-refractivity contribution in [2.24, 2.45) is 15.0 Å². The van der Waals surface area contributed by atoms with Crippen molar-refractivity contribution in [3.05, 3.63) is 41.6 Å². The van der Waals surface area contributed by atoms with Crippen LogP contribution in [0, 0.1) is 0 Å². The average molecular weight is 625 g/mol. The summed E-state index contributed by atoms with van der Waals surface area (Å²) in [4.78, 5) is 52.0. The maximum Gasteiger partial charge on any atom is 0.277 e. The number of carbonyl (C=O) groups excluding carboxylic acids is 2. The fourth-order valence-corrected chi connectivity index (χ4v) is 4.12. The van der Waals surface area contributed by atoms with Gasteiger partial charge in [-0.15, -0.1) is 0 Å². The minimum Gasteiger partial charge on any atom is -0.395 e. The number of amides is 2. The summed E-state index contributed by atoms with van der Waals surface area (Å²) in [5.41, 5.74) is 3.21. The first-order chi connectivity index (χ1) is 21.8. The second-order valence-electron chi connectivity index (χ2n) is 9.52. The fourth-order valence-electron chi connectivity index (χ4n) is 4.12. The fraction of sp³-hybridized carbons (Fsp3) is 0.433. The molecule has 15 heteroatoms. The zero-order valence-corrected chi connectivity index (χ0v) is 26.4. The van der Waals surface area contributed by atoms with Gasteiger partial charge in [0.15, 0.2) is 17.5 Å². The third kappa shape index (κ3) is 10.8. The molecule has 1 aromatic carbocycles. The Morgan fingerprint density at radius 2 is 1.89 bits per heavy atom. The molecule has 0 unspecified atom stereocenters. The Hall–Kier alpha value is -4.57.